The standard InChI is InChI=1S/C23H29N3S/c1-18-10-9-15-22(19(18)2)24-16-25(20-11-5-3-6-12-20)23(27)26(17-24)21-13-7-4-8-14-21/h3-8,11-14,18-19,22H,9-10,15-17H2,1-2H3. The second-order valence-electron chi connectivity index (χ2n) is 8.02. The monoisotopic (exact) mass is 379 g/mol. The van der Waals surface area contributed by atoms with Gasteiger partial charge in [-0.05, 0) is 54.7 Å². The molecule has 1 saturated heterocycles. The molecule has 2 aromatic carbocycles. The molecule has 2 aliphatic rings. The van der Waals surface area contributed by atoms with Crippen LogP contribution in [0.1, 0.15) is 33.1 Å². The molecule has 0 bridgehead atoms. The van der Waals surface area contributed by atoms with Gasteiger partial charge in [-0.15, -0.1) is 0 Å². The van der Waals surface area contributed by atoms with Crippen LogP contribution in [0.4, 0.5) is 11.4 Å². The number of benzene rings is 2. The van der Waals surface area contributed by atoms with Crippen molar-refractivity contribution in [3.63, 3.8) is 0 Å². The Hall–Kier alpha value is -1.91. The minimum absolute atomic E-state index is 0.606. The lowest BCUT2D eigenvalue weighted by Gasteiger charge is -2.50. The largest absolute Gasteiger partial charge is 0.305 e. The molecule has 1 aliphatic heterocycles. The summed E-state index contributed by atoms with van der Waals surface area (Å²) in [4.78, 5) is 7.21. The SMILES string of the molecule is CC1CCCC(N2CN(c3ccccc3)C(=S)N(c3ccccc3)C2)C1C. The summed E-state index contributed by atoms with van der Waals surface area (Å²) in [5.41, 5.74) is 2.34. The number of nitrogens with zero attached hydrogens (tertiary/aromatic N) is 3. The predicted octanol–water partition coefficient (Wildman–Crippen LogP) is 5.34. The number of rotatable bonds is 3. The zero-order valence-electron chi connectivity index (χ0n) is 16.3. The highest BCUT2D eigenvalue weighted by Gasteiger charge is 2.37. The molecule has 1 heterocycles. The second-order valence-corrected chi connectivity index (χ2v) is 8.38. The summed E-state index contributed by atoms with van der Waals surface area (Å²) in [5.74, 6) is 1.49. The molecule has 0 radical (unpaired) electrons. The van der Waals surface area contributed by atoms with Gasteiger partial charge in [0.05, 0.1) is 13.3 Å². The molecule has 1 saturated carbocycles. The van der Waals surface area contributed by atoms with Crippen molar-refractivity contribution < 1.29 is 0 Å². The van der Waals surface area contributed by atoms with Gasteiger partial charge in [0.25, 0.3) is 0 Å². The Morgan fingerprint density at radius 2 is 1.30 bits per heavy atom. The molecular weight excluding hydrogens is 350 g/mol. The Labute approximate surface area is 168 Å². The smallest absolute Gasteiger partial charge is 0.182 e. The van der Waals surface area contributed by atoms with Crippen LogP contribution in [-0.2, 0) is 0 Å². The molecular formula is C23H29N3S. The van der Waals surface area contributed by atoms with Gasteiger partial charge >= 0.3 is 0 Å². The molecule has 4 rings (SSSR count). The number of anilines is 2. The number of hydrogen-bond acceptors (Lipinski definition) is 2. The van der Waals surface area contributed by atoms with Crippen molar-refractivity contribution in [3.8, 4) is 0 Å². The van der Waals surface area contributed by atoms with Crippen molar-refractivity contribution in [1.29, 1.82) is 0 Å². The molecule has 2 fully saturated rings. The van der Waals surface area contributed by atoms with Gasteiger partial charge in [0.1, 0.15) is 0 Å². The van der Waals surface area contributed by atoms with Gasteiger partial charge in [-0.2, -0.15) is 0 Å². The number of para-hydroxylation sites is 2. The molecule has 4 heteroatoms. The molecule has 1 aliphatic carbocycles. The molecule has 142 valence electrons. The molecule has 0 spiro atoms. The second kappa shape index (κ2) is 7.99. The molecule has 0 amide bonds. The van der Waals surface area contributed by atoms with Gasteiger partial charge in [0, 0.05) is 17.4 Å². The average Bonchev–Trinajstić information content (AvgIpc) is 2.72. The fraction of sp³-hybridized carbons (Fsp3) is 0.435. The van der Waals surface area contributed by atoms with Crippen LogP contribution in [0.25, 0.3) is 0 Å². The lowest BCUT2D eigenvalue weighted by atomic mass is 9.77. The Morgan fingerprint density at radius 1 is 0.778 bits per heavy atom. The van der Waals surface area contributed by atoms with E-state index in [9.17, 15) is 0 Å². The first-order chi connectivity index (χ1) is 13.1. The van der Waals surface area contributed by atoms with Crippen molar-refractivity contribution in [3.05, 3.63) is 60.7 Å². The fourth-order valence-corrected chi connectivity index (χ4v) is 4.88. The topological polar surface area (TPSA) is 9.72 Å². The van der Waals surface area contributed by atoms with E-state index in [1.54, 1.807) is 0 Å². The average molecular weight is 380 g/mol. The Kier molecular flexibility index (Phi) is 5.46. The van der Waals surface area contributed by atoms with Crippen molar-refractivity contribution >= 4 is 28.7 Å². The van der Waals surface area contributed by atoms with Crippen LogP contribution in [0.5, 0.6) is 0 Å². The van der Waals surface area contributed by atoms with E-state index in [4.69, 9.17) is 12.2 Å². The van der Waals surface area contributed by atoms with Crippen molar-refractivity contribution in [2.75, 3.05) is 23.1 Å². The highest BCUT2D eigenvalue weighted by atomic mass is 32.1. The summed E-state index contributed by atoms with van der Waals surface area (Å²) in [6.45, 7) is 6.58. The lowest BCUT2D eigenvalue weighted by Crippen LogP contribution is -2.62. The quantitative estimate of drug-likeness (QED) is 0.666. The first-order valence-electron chi connectivity index (χ1n) is 10.1. The van der Waals surface area contributed by atoms with Crippen LogP contribution in [0.2, 0.25) is 0 Å². The first kappa shape index (κ1) is 18.5. The predicted molar refractivity (Wildman–Crippen MR) is 118 cm³/mol. The van der Waals surface area contributed by atoms with E-state index < -0.39 is 0 Å². The van der Waals surface area contributed by atoms with Gasteiger partial charge in [-0.3, -0.25) is 4.90 Å². The van der Waals surface area contributed by atoms with Crippen LogP contribution in [0.15, 0.2) is 60.7 Å². The number of thiocarbonyl (C=S) groups is 1. The summed E-state index contributed by atoms with van der Waals surface area (Å²) >= 11 is 5.94. The van der Waals surface area contributed by atoms with Crippen LogP contribution >= 0.6 is 12.2 Å². The minimum atomic E-state index is 0.606. The maximum absolute atomic E-state index is 5.94. The third kappa shape index (κ3) is 3.74. The lowest BCUT2D eigenvalue weighted by molar-refractivity contribution is 0.0819. The van der Waals surface area contributed by atoms with Gasteiger partial charge in [0.15, 0.2) is 5.11 Å². The van der Waals surface area contributed by atoms with Gasteiger partial charge in [-0.1, -0.05) is 63.1 Å². The van der Waals surface area contributed by atoms with E-state index in [0.29, 0.717) is 12.0 Å². The normalized spacial score (nSPS) is 27.0. The first-order valence-corrected chi connectivity index (χ1v) is 10.5. The van der Waals surface area contributed by atoms with E-state index in [0.717, 1.165) is 24.4 Å². The zero-order chi connectivity index (χ0) is 18.8. The Balaban J connectivity index is 1.67. The molecule has 3 atom stereocenters. The maximum atomic E-state index is 5.94. The van der Waals surface area contributed by atoms with Crippen molar-refractivity contribution in [1.82, 2.24) is 4.90 Å². The maximum Gasteiger partial charge on any atom is 0.182 e. The van der Waals surface area contributed by atoms with E-state index in [-0.39, 0.29) is 0 Å². The minimum Gasteiger partial charge on any atom is -0.305 e. The van der Waals surface area contributed by atoms with Gasteiger partial charge in [-0.25, -0.2) is 0 Å². The molecule has 3 unspecified atom stereocenters. The summed E-state index contributed by atoms with van der Waals surface area (Å²) in [5, 5.41) is 0.889. The van der Waals surface area contributed by atoms with E-state index in [1.807, 2.05) is 0 Å². The molecule has 0 aromatic heterocycles. The van der Waals surface area contributed by atoms with Crippen molar-refractivity contribution in [2.45, 2.75) is 39.2 Å². The van der Waals surface area contributed by atoms with E-state index in [1.165, 1.54) is 30.6 Å². The third-order valence-electron chi connectivity index (χ3n) is 6.38. The summed E-state index contributed by atoms with van der Waals surface area (Å²) in [6, 6.07) is 21.7. The van der Waals surface area contributed by atoms with Crippen LogP contribution in [0, 0.1) is 11.8 Å². The molecule has 0 N–H and O–H groups in total. The Bertz CT molecular complexity index is 712. The summed E-state index contributed by atoms with van der Waals surface area (Å²) < 4.78 is 0. The molecule has 3 nitrogen and oxygen atoms in total. The molecule has 2 aromatic rings. The van der Waals surface area contributed by atoms with E-state index >= 15 is 0 Å². The van der Waals surface area contributed by atoms with Crippen molar-refractivity contribution in [2.24, 2.45) is 11.8 Å². The highest BCUT2D eigenvalue weighted by molar-refractivity contribution is 7.80. The molecule has 27 heavy (non-hydrogen) atoms. The number of hydrogen-bond donors (Lipinski definition) is 0. The van der Waals surface area contributed by atoms with Crippen LogP contribution < -0.4 is 9.80 Å². The third-order valence-corrected chi connectivity index (χ3v) is 6.82. The highest BCUT2D eigenvalue weighted by Crippen LogP contribution is 2.35. The van der Waals surface area contributed by atoms with Crippen LogP contribution in [-0.4, -0.2) is 29.4 Å². The van der Waals surface area contributed by atoms with Crippen LogP contribution in [0.3, 0.4) is 0 Å². The van der Waals surface area contributed by atoms with E-state index in [2.05, 4.69) is 89.2 Å². The van der Waals surface area contributed by atoms with Gasteiger partial charge < -0.3 is 9.80 Å². The van der Waals surface area contributed by atoms with Gasteiger partial charge in [0.2, 0.25) is 0 Å². The Morgan fingerprint density at radius 3 is 1.81 bits per heavy atom. The summed E-state index contributed by atoms with van der Waals surface area (Å²) in [7, 11) is 0. The summed E-state index contributed by atoms with van der Waals surface area (Å²) in [6.07, 6.45) is 3.96. The fourth-order valence-electron chi connectivity index (χ4n) is 4.55. The zero-order valence-corrected chi connectivity index (χ0v) is 17.1.